The van der Waals surface area contributed by atoms with Gasteiger partial charge in [-0.1, -0.05) is 26.7 Å². The standard InChI is InChI=1S/C13H19N5O2/c1-3-5-6-9(13(19)20)14-10-7-8-12-16-15-11(4-2)18(12)17-10/h7-9H,3-6H2,1-2H3,(H,14,17)(H,19,20). The molecule has 2 aromatic rings. The van der Waals surface area contributed by atoms with Gasteiger partial charge >= 0.3 is 5.97 Å². The number of nitrogens with zero attached hydrogens (tertiary/aromatic N) is 4. The molecule has 7 nitrogen and oxygen atoms in total. The first-order valence-electron chi connectivity index (χ1n) is 6.86. The van der Waals surface area contributed by atoms with Crippen molar-refractivity contribution in [1.29, 1.82) is 0 Å². The summed E-state index contributed by atoms with van der Waals surface area (Å²) in [6.45, 7) is 4.01. The van der Waals surface area contributed by atoms with E-state index in [0.717, 1.165) is 25.1 Å². The molecule has 0 amide bonds. The second-order valence-corrected chi connectivity index (χ2v) is 4.64. The summed E-state index contributed by atoms with van der Waals surface area (Å²) in [6, 6.07) is 2.88. The summed E-state index contributed by atoms with van der Waals surface area (Å²) in [4.78, 5) is 11.2. The second kappa shape index (κ2) is 6.31. The topological polar surface area (TPSA) is 92.4 Å². The third-order valence-corrected chi connectivity index (χ3v) is 3.11. The van der Waals surface area contributed by atoms with Crippen LogP contribution in [0.5, 0.6) is 0 Å². The summed E-state index contributed by atoms with van der Waals surface area (Å²) in [5.74, 6) is 0.416. The van der Waals surface area contributed by atoms with Crippen LogP contribution >= 0.6 is 0 Å². The van der Waals surface area contributed by atoms with Gasteiger partial charge in [0.25, 0.3) is 0 Å². The first-order valence-corrected chi connectivity index (χ1v) is 6.86. The molecule has 2 N–H and O–H groups in total. The molecule has 1 atom stereocenters. The van der Waals surface area contributed by atoms with Gasteiger partial charge in [-0.2, -0.15) is 4.52 Å². The molecular formula is C13H19N5O2. The number of fused-ring (bicyclic) bond motifs is 1. The van der Waals surface area contributed by atoms with Gasteiger partial charge in [0.15, 0.2) is 11.5 Å². The molecule has 2 heterocycles. The molecular weight excluding hydrogens is 258 g/mol. The van der Waals surface area contributed by atoms with Crippen molar-refractivity contribution in [1.82, 2.24) is 19.8 Å². The van der Waals surface area contributed by atoms with E-state index >= 15 is 0 Å². The molecule has 0 fully saturated rings. The van der Waals surface area contributed by atoms with Crippen LogP contribution in [-0.4, -0.2) is 36.9 Å². The lowest BCUT2D eigenvalue weighted by atomic mass is 10.1. The van der Waals surface area contributed by atoms with Crippen LogP contribution in [0.1, 0.15) is 38.9 Å². The van der Waals surface area contributed by atoms with Crippen LogP contribution in [-0.2, 0) is 11.2 Å². The lowest BCUT2D eigenvalue weighted by Crippen LogP contribution is -2.29. The average molecular weight is 277 g/mol. The summed E-state index contributed by atoms with van der Waals surface area (Å²) in [7, 11) is 0. The SMILES string of the molecule is CCCCC(Nc1ccc2nnc(CC)n2n1)C(=O)O. The van der Waals surface area contributed by atoms with Crippen molar-refractivity contribution in [2.24, 2.45) is 0 Å². The number of unbranched alkanes of at least 4 members (excludes halogenated alkanes) is 1. The third kappa shape index (κ3) is 3.04. The van der Waals surface area contributed by atoms with Gasteiger partial charge in [-0.25, -0.2) is 4.79 Å². The predicted octanol–water partition coefficient (Wildman–Crippen LogP) is 1.74. The Morgan fingerprint density at radius 1 is 1.40 bits per heavy atom. The zero-order chi connectivity index (χ0) is 14.5. The van der Waals surface area contributed by atoms with E-state index in [-0.39, 0.29) is 0 Å². The summed E-state index contributed by atoms with van der Waals surface area (Å²) >= 11 is 0. The highest BCUT2D eigenvalue weighted by atomic mass is 16.4. The van der Waals surface area contributed by atoms with Crippen LogP contribution < -0.4 is 5.32 Å². The molecule has 0 aliphatic heterocycles. The lowest BCUT2D eigenvalue weighted by Gasteiger charge is -2.14. The Morgan fingerprint density at radius 2 is 2.20 bits per heavy atom. The quantitative estimate of drug-likeness (QED) is 0.801. The Balaban J connectivity index is 2.20. The maximum atomic E-state index is 11.2. The van der Waals surface area contributed by atoms with E-state index in [1.165, 1.54) is 0 Å². The van der Waals surface area contributed by atoms with Gasteiger partial charge in [-0.05, 0) is 18.6 Å². The molecule has 108 valence electrons. The molecule has 0 radical (unpaired) electrons. The van der Waals surface area contributed by atoms with Crippen molar-refractivity contribution < 1.29 is 9.90 Å². The fourth-order valence-corrected chi connectivity index (χ4v) is 1.97. The Labute approximate surface area is 117 Å². The number of carboxylic acids is 1. The zero-order valence-corrected chi connectivity index (χ0v) is 11.7. The Morgan fingerprint density at radius 3 is 2.85 bits per heavy atom. The number of carbonyl (C=O) groups is 1. The summed E-state index contributed by atoms with van der Waals surface area (Å²) in [6.07, 6.45) is 3.12. The summed E-state index contributed by atoms with van der Waals surface area (Å²) < 4.78 is 1.64. The van der Waals surface area contributed by atoms with Gasteiger partial charge in [-0.15, -0.1) is 15.3 Å². The highest BCUT2D eigenvalue weighted by Crippen LogP contribution is 2.11. The molecule has 0 saturated heterocycles. The Bertz CT molecular complexity index is 595. The number of carboxylic acid groups (broad SMARTS) is 1. The lowest BCUT2D eigenvalue weighted by molar-refractivity contribution is -0.138. The van der Waals surface area contributed by atoms with Crippen LogP contribution in [0.25, 0.3) is 5.65 Å². The Hall–Kier alpha value is -2.18. The molecule has 2 aromatic heterocycles. The van der Waals surface area contributed by atoms with Gasteiger partial charge in [0.05, 0.1) is 0 Å². The van der Waals surface area contributed by atoms with E-state index in [9.17, 15) is 9.90 Å². The minimum absolute atomic E-state index is 0.524. The van der Waals surface area contributed by atoms with E-state index in [1.807, 2.05) is 13.8 Å². The van der Waals surface area contributed by atoms with Gasteiger partial charge in [-0.3, -0.25) is 0 Å². The summed E-state index contributed by atoms with van der Waals surface area (Å²) in [5, 5.41) is 24.6. The largest absolute Gasteiger partial charge is 0.480 e. The Kier molecular flexibility index (Phi) is 4.49. The fraction of sp³-hybridized carbons (Fsp3) is 0.538. The van der Waals surface area contributed by atoms with Crippen molar-refractivity contribution in [3.05, 3.63) is 18.0 Å². The summed E-state index contributed by atoms with van der Waals surface area (Å²) in [5.41, 5.74) is 0.660. The number of aryl methyl sites for hydroxylation is 1. The average Bonchev–Trinajstić information content (AvgIpc) is 2.85. The maximum absolute atomic E-state index is 11.2. The normalized spacial score (nSPS) is 12.5. The van der Waals surface area contributed by atoms with Gasteiger partial charge in [0, 0.05) is 6.42 Å². The molecule has 0 aliphatic carbocycles. The first kappa shape index (κ1) is 14.2. The van der Waals surface area contributed by atoms with Crippen LogP contribution in [0.2, 0.25) is 0 Å². The highest BCUT2D eigenvalue weighted by Gasteiger charge is 2.17. The number of rotatable bonds is 7. The van der Waals surface area contributed by atoms with Crippen LogP contribution in [0.4, 0.5) is 5.82 Å². The van der Waals surface area contributed by atoms with Crippen LogP contribution in [0.15, 0.2) is 12.1 Å². The first-order chi connectivity index (χ1) is 9.65. The smallest absolute Gasteiger partial charge is 0.326 e. The van der Waals surface area contributed by atoms with E-state index in [2.05, 4.69) is 20.6 Å². The zero-order valence-electron chi connectivity index (χ0n) is 11.7. The minimum atomic E-state index is -0.861. The van der Waals surface area contributed by atoms with E-state index in [1.54, 1.807) is 16.6 Å². The number of aromatic nitrogens is 4. The van der Waals surface area contributed by atoms with Crippen molar-refractivity contribution in [3.63, 3.8) is 0 Å². The second-order valence-electron chi connectivity index (χ2n) is 4.64. The number of hydrogen-bond acceptors (Lipinski definition) is 5. The predicted molar refractivity (Wildman–Crippen MR) is 74.7 cm³/mol. The molecule has 7 heteroatoms. The third-order valence-electron chi connectivity index (χ3n) is 3.11. The van der Waals surface area contributed by atoms with Gasteiger partial charge in [0.1, 0.15) is 11.9 Å². The number of aliphatic carboxylic acids is 1. The monoisotopic (exact) mass is 277 g/mol. The number of anilines is 1. The van der Waals surface area contributed by atoms with Gasteiger partial charge in [0.2, 0.25) is 0 Å². The molecule has 0 spiro atoms. The molecule has 0 aliphatic rings. The molecule has 0 bridgehead atoms. The maximum Gasteiger partial charge on any atom is 0.326 e. The van der Waals surface area contributed by atoms with Gasteiger partial charge < -0.3 is 10.4 Å². The van der Waals surface area contributed by atoms with Crippen LogP contribution in [0, 0.1) is 0 Å². The van der Waals surface area contributed by atoms with Crippen LogP contribution in [0.3, 0.4) is 0 Å². The van der Waals surface area contributed by atoms with Crippen molar-refractivity contribution in [2.75, 3.05) is 5.32 Å². The fourth-order valence-electron chi connectivity index (χ4n) is 1.97. The van der Waals surface area contributed by atoms with E-state index in [0.29, 0.717) is 17.9 Å². The van der Waals surface area contributed by atoms with E-state index in [4.69, 9.17) is 0 Å². The molecule has 2 rings (SSSR count). The molecule has 1 unspecified atom stereocenters. The molecule has 20 heavy (non-hydrogen) atoms. The van der Waals surface area contributed by atoms with Crippen molar-refractivity contribution >= 4 is 17.4 Å². The molecule has 0 saturated carbocycles. The minimum Gasteiger partial charge on any atom is -0.480 e. The van der Waals surface area contributed by atoms with Crippen molar-refractivity contribution in [2.45, 2.75) is 45.6 Å². The highest BCUT2D eigenvalue weighted by molar-refractivity contribution is 5.76. The number of hydrogen-bond donors (Lipinski definition) is 2. The van der Waals surface area contributed by atoms with Crippen molar-refractivity contribution in [3.8, 4) is 0 Å². The number of nitrogens with one attached hydrogen (secondary N) is 1. The van der Waals surface area contributed by atoms with E-state index < -0.39 is 12.0 Å². The molecule has 0 aromatic carbocycles.